The van der Waals surface area contributed by atoms with Gasteiger partial charge in [-0.05, 0) is 49.2 Å². The van der Waals surface area contributed by atoms with Crippen LogP contribution in [0.15, 0.2) is 48.8 Å². The molecule has 0 saturated carbocycles. The van der Waals surface area contributed by atoms with Crippen LogP contribution in [0, 0.1) is 25.2 Å². The molecule has 134 valence electrons. The first-order valence-corrected chi connectivity index (χ1v) is 8.36. The van der Waals surface area contributed by atoms with Gasteiger partial charge >= 0.3 is 0 Å². The number of nitriles is 1. The second-order valence-electron chi connectivity index (χ2n) is 5.99. The standard InChI is InChI=1S/C20H18N6O/c1-13-14(2)25-26-19(18(13)11-21)23-12-15-3-5-16(6-4-15)20(27)24-17-7-9-22-10-8-17/h3-10H,12H2,1-2H3,(H,23,26)(H,22,24,27). The Labute approximate surface area is 157 Å². The molecule has 2 N–H and O–H groups in total. The zero-order valence-corrected chi connectivity index (χ0v) is 15.0. The van der Waals surface area contributed by atoms with E-state index in [2.05, 4.69) is 31.9 Å². The third kappa shape index (κ3) is 4.25. The van der Waals surface area contributed by atoms with Gasteiger partial charge in [0.05, 0.1) is 5.69 Å². The third-order valence-electron chi connectivity index (χ3n) is 4.18. The molecule has 0 aliphatic rings. The van der Waals surface area contributed by atoms with Crippen molar-refractivity contribution in [2.24, 2.45) is 0 Å². The summed E-state index contributed by atoms with van der Waals surface area (Å²) in [5.41, 5.74) is 4.26. The fraction of sp³-hybridized carbons (Fsp3) is 0.150. The minimum Gasteiger partial charge on any atom is -0.363 e. The lowest BCUT2D eigenvalue weighted by Crippen LogP contribution is -2.12. The predicted molar refractivity (Wildman–Crippen MR) is 102 cm³/mol. The quantitative estimate of drug-likeness (QED) is 0.726. The molecule has 3 aromatic rings. The van der Waals surface area contributed by atoms with Gasteiger partial charge in [-0.3, -0.25) is 9.78 Å². The summed E-state index contributed by atoms with van der Waals surface area (Å²) >= 11 is 0. The Morgan fingerprint density at radius 2 is 1.78 bits per heavy atom. The van der Waals surface area contributed by atoms with Crippen LogP contribution in [-0.4, -0.2) is 21.1 Å². The minimum atomic E-state index is -0.187. The van der Waals surface area contributed by atoms with Crippen LogP contribution in [0.4, 0.5) is 11.5 Å². The molecule has 7 nitrogen and oxygen atoms in total. The maximum Gasteiger partial charge on any atom is 0.255 e. The highest BCUT2D eigenvalue weighted by Gasteiger charge is 2.11. The molecule has 2 heterocycles. The van der Waals surface area contributed by atoms with E-state index in [0.717, 1.165) is 16.8 Å². The number of pyridine rings is 1. The second-order valence-corrected chi connectivity index (χ2v) is 5.99. The van der Waals surface area contributed by atoms with Crippen molar-refractivity contribution in [1.29, 1.82) is 5.26 Å². The Hall–Kier alpha value is -3.79. The van der Waals surface area contributed by atoms with Crippen LogP contribution >= 0.6 is 0 Å². The van der Waals surface area contributed by atoms with Crippen LogP contribution < -0.4 is 10.6 Å². The van der Waals surface area contributed by atoms with E-state index in [1.807, 2.05) is 26.0 Å². The highest BCUT2D eigenvalue weighted by atomic mass is 16.1. The van der Waals surface area contributed by atoms with Crippen LogP contribution in [0.3, 0.4) is 0 Å². The first-order chi connectivity index (χ1) is 13.1. The molecular weight excluding hydrogens is 340 g/mol. The number of nitrogens with zero attached hydrogens (tertiary/aromatic N) is 4. The molecule has 0 atom stereocenters. The number of nitrogens with one attached hydrogen (secondary N) is 2. The van der Waals surface area contributed by atoms with E-state index in [4.69, 9.17) is 0 Å². The number of carbonyl (C=O) groups excluding carboxylic acids is 1. The number of aryl methyl sites for hydroxylation is 1. The van der Waals surface area contributed by atoms with Crippen LogP contribution in [-0.2, 0) is 6.54 Å². The number of carbonyl (C=O) groups is 1. The molecule has 0 saturated heterocycles. The molecule has 0 unspecified atom stereocenters. The number of rotatable bonds is 5. The molecular formula is C20H18N6O. The summed E-state index contributed by atoms with van der Waals surface area (Å²) < 4.78 is 0. The van der Waals surface area contributed by atoms with E-state index in [0.29, 0.717) is 29.2 Å². The van der Waals surface area contributed by atoms with Gasteiger partial charge in [0.1, 0.15) is 11.6 Å². The number of hydrogen-bond acceptors (Lipinski definition) is 6. The molecule has 27 heavy (non-hydrogen) atoms. The normalized spacial score (nSPS) is 10.1. The number of benzene rings is 1. The number of anilines is 2. The maximum absolute atomic E-state index is 12.3. The summed E-state index contributed by atoms with van der Waals surface area (Å²) in [7, 11) is 0. The lowest BCUT2D eigenvalue weighted by molar-refractivity contribution is 0.102. The largest absolute Gasteiger partial charge is 0.363 e. The van der Waals surface area contributed by atoms with Crippen molar-refractivity contribution in [3.63, 3.8) is 0 Å². The SMILES string of the molecule is Cc1nnc(NCc2ccc(C(=O)Nc3ccncc3)cc2)c(C#N)c1C. The first-order valence-electron chi connectivity index (χ1n) is 8.36. The molecule has 7 heteroatoms. The van der Waals surface area contributed by atoms with Crippen molar-refractivity contribution in [2.75, 3.05) is 10.6 Å². The van der Waals surface area contributed by atoms with Crippen molar-refractivity contribution < 1.29 is 4.79 Å². The summed E-state index contributed by atoms with van der Waals surface area (Å²) in [6.45, 7) is 4.14. The van der Waals surface area contributed by atoms with Gasteiger partial charge in [0.2, 0.25) is 0 Å². The lowest BCUT2D eigenvalue weighted by atomic mass is 10.1. The van der Waals surface area contributed by atoms with E-state index in [9.17, 15) is 10.1 Å². The topological polar surface area (TPSA) is 104 Å². The number of aromatic nitrogens is 3. The van der Waals surface area contributed by atoms with E-state index in [1.54, 1.807) is 36.7 Å². The van der Waals surface area contributed by atoms with Gasteiger partial charge in [-0.1, -0.05) is 12.1 Å². The minimum absolute atomic E-state index is 0.187. The van der Waals surface area contributed by atoms with Crippen LogP contribution in [0.5, 0.6) is 0 Å². The predicted octanol–water partition coefficient (Wildman–Crippen LogP) is 3.22. The summed E-state index contributed by atoms with van der Waals surface area (Å²) in [6.07, 6.45) is 3.24. The van der Waals surface area contributed by atoms with Gasteiger partial charge in [0.15, 0.2) is 5.82 Å². The van der Waals surface area contributed by atoms with Crippen molar-refractivity contribution in [3.8, 4) is 6.07 Å². The molecule has 0 aliphatic carbocycles. The Morgan fingerprint density at radius 1 is 1.07 bits per heavy atom. The monoisotopic (exact) mass is 358 g/mol. The average Bonchev–Trinajstić information content (AvgIpc) is 2.70. The van der Waals surface area contributed by atoms with E-state index < -0.39 is 0 Å². The first kappa shape index (κ1) is 18.0. The molecule has 0 spiro atoms. The van der Waals surface area contributed by atoms with Crippen molar-refractivity contribution in [1.82, 2.24) is 15.2 Å². The molecule has 1 aromatic carbocycles. The second kappa shape index (κ2) is 8.06. The molecule has 1 amide bonds. The highest BCUT2D eigenvalue weighted by Crippen LogP contribution is 2.18. The molecule has 0 aliphatic heterocycles. The van der Waals surface area contributed by atoms with Crippen LogP contribution in [0.2, 0.25) is 0 Å². The summed E-state index contributed by atoms with van der Waals surface area (Å²) in [6, 6.07) is 12.8. The molecule has 3 rings (SSSR count). The van der Waals surface area contributed by atoms with E-state index >= 15 is 0 Å². The number of amides is 1. The Kier molecular flexibility index (Phi) is 5.38. The van der Waals surface area contributed by atoms with E-state index in [1.165, 1.54) is 0 Å². The van der Waals surface area contributed by atoms with Gasteiger partial charge < -0.3 is 10.6 Å². The molecule has 2 aromatic heterocycles. The van der Waals surface area contributed by atoms with Gasteiger partial charge in [-0.15, -0.1) is 5.10 Å². The molecule has 0 bridgehead atoms. The summed E-state index contributed by atoms with van der Waals surface area (Å²) in [5.74, 6) is 0.271. The van der Waals surface area contributed by atoms with Gasteiger partial charge in [-0.2, -0.15) is 10.4 Å². The van der Waals surface area contributed by atoms with Gasteiger partial charge in [-0.25, -0.2) is 0 Å². The van der Waals surface area contributed by atoms with Crippen LogP contribution in [0.25, 0.3) is 0 Å². The average molecular weight is 358 g/mol. The summed E-state index contributed by atoms with van der Waals surface area (Å²) in [4.78, 5) is 16.2. The highest BCUT2D eigenvalue weighted by molar-refractivity contribution is 6.04. The zero-order chi connectivity index (χ0) is 19.2. The molecule has 0 radical (unpaired) electrons. The Bertz CT molecular complexity index is 993. The van der Waals surface area contributed by atoms with Crippen molar-refractivity contribution >= 4 is 17.4 Å². The van der Waals surface area contributed by atoms with E-state index in [-0.39, 0.29) is 5.91 Å². The third-order valence-corrected chi connectivity index (χ3v) is 4.18. The number of hydrogen-bond donors (Lipinski definition) is 2. The summed E-state index contributed by atoms with van der Waals surface area (Å²) in [5, 5.41) is 23.4. The van der Waals surface area contributed by atoms with Crippen molar-refractivity contribution in [3.05, 3.63) is 76.7 Å². The van der Waals surface area contributed by atoms with Crippen molar-refractivity contribution in [2.45, 2.75) is 20.4 Å². The Morgan fingerprint density at radius 3 is 2.44 bits per heavy atom. The fourth-order valence-electron chi connectivity index (χ4n) is 2.47. The van der Waals surface area contributed by atoms with Crippen LogP contribution in [0.1, 0.15) is 32.7 Å². The van der Waals surface area contributed by atoms with Gasteiger partial charge in [0.25, 0.3) is 5.91 Å². The fourth-order valence-corrected chi connectivity index (χ4v) is 2.47. The molecule has 0 fully saturated rings. The Balaban J connectivity index is 1.66. The maximum atomic E-state index is 12.3. The smallest absolute Gasteiger partial charge is 0.255 e. The zero-order valence-electron chi connectivity index (χ0n) is 15.0. The van der Waals surface area contributed by atoms with Gasteiger partial charge in [0, 0.05) is 30.2 Å². The lowest BCUT2D eigenvalue weighted by Gasteiger charge is -2.10.